The third-order valence-corrected chi connectivity index (χ3v) is 8.59. The normalized spacial score (nSPS) is 27.4. The van der Waals surface area contributed by atoms with Crippen LogP contribution in [0.5, 0.6) is 0 Å². The average Bonchev–Trinajstić information content (AvgIpc) is 3.28. The average molecular weight is 489 g/mol. The van der Waals surface area contributed by atoms with E-state index in [2.05, 4.69) is 31.1 Å². The first-order valence-electron chi connectivity index (χ1n) is 13.1. The summed E-state index contributed by atoms with van der Waals surface area (Å²) in [4.78, 5) is 54.4. The number of nitrogens with zero attached hydrogens (tertiary/aromatic N) is 1. The number of hydrogen-bond donors (Lipinski definition) is 3. The molecule has 0 bridgehead atoms. The van der Waals surface area contributed by atoms with E-state index in [1.54, 1.807) is 4.90 Å². The molecule has 3 amide bonds. The SMILES string of the molecule is C=CCNC(=O)C(=O)C(CC1CCC1)NC(=O)[C@@H]1[C@H]2CCC(C)(C)[C@H]2CN1C(=O)[C@@H](N)C(C)(C)C. The zero-order valence-corrected chi connectivity index (χ0v) is 22.1. The van der Waals surface area contributed by atoms with E-state index < -0.39 is 35.2 Å². The van der Waals surface area contributed by atoms with E-state index in [-0.39, 0.29) is 35.6 Å². The van der Waals surface area contributed by atoms with Crippen molar-refractivity contribution >= 4 is 23.5 Å². The molecule has 0 radical (unpaired) electrons. The van der Waals surface area contributed by atoms with Crippen LogP contribution >= 0.6 is 0 Å². The van der Waals surface area contributed by atoms with Crippen LogP contribution in [0.25, 0.3) is 0 Å². The Morgan fingerprint density at radius 1 is 1.17 bits per heavy atom. The first kappa shape index (κ1) is 27.4. The standard InChI is InChI=1S/C27H44N4O4/c1-7-13-29-24(34)21(32)19(14-16-9-8-10-16)30-23(33)20-17-11-12-27(5,6)18(17)15-31(20)25(35)22(28)26(2,3)4/h7,16-20,22H,1,8-15,28H2,2-6H3,(H,29,34)(H,30,33)/t17-,18-,19?,20-,22+/m0/s1. The minimum atomic E-state index is -0.903. The highest BCUT2D eigenvalue weighted by Gasteiger charge is 2.56. The highest BCUT2D eigenvalue weighted by Crippen LogP contribution is 2.53. The van der Waals surface area contributed by atoms with Crippen LogP contribution in [0.2, 0.25) is 0 Å². The molecule has 2 aliphatic carbocycles. The van der Waals surface area contributed by atoms with E-state index in [0.717, 1.165) is 32.1 Å². The Balaban J connectivity index is 1.84. The van der Waals surface area contributed by atoms with Gasteiger partial charge in [-0.3, -0.25) is 19.2 Å². The zero-order chi connectivity index (χ0) is 26.1. The summed E-state index contributed by atoms with van der Waals surface area (Å²) < 4.78 is 0. The molecule has 8 nitrogen and oxygen atoms in total. The van der Waals surface area contributed by atoms with Crippen LogP contribution in [0.1, 0.15) is 73.1 Å². The van der Waals surface area contributed by atoms with Crippen molar-refractivity contribution in [2.75, 3.05) is 13.1 Å². The molecule has 2 saturated carbocycles. The zero-order valence-electron chi connectivity index (χ0n) is 22.1. The summed E-state index contributed by atoms with van der Waals surface area (Å²) in [6, 6.07) is -2.33. The van der Waals surface area contributed by atoms with Crippen molar-refractivity contribution in [2.45, 2.75) is 91.3 Å². The molecule has 1 aliphatic heterocycles. The molecule has 0 aromatic carbocycles. The first-order chi connectivity index (χ1) is 16.3. The molecule has 1 unspecified atom stereocenters. The summed E-state index contributed by atoms with van der Waals surface area (Å²) in [5, 5.41) is 5.44. The van der Waals surface area contributed by atoms with E-state index >= 15 is 0 Å². The predicted molar refractivity (Wildman–Crippen MR) is 135 cm³/mol. The third-order valence-electron chi connectivity index (χ3n) is 8.59. The summed E-state index contributed by atoms with van der Waals surface area (Å²) in [6.07, 6.45) is 6.83. The fourth-order valence-electron chi connectivity index (χ4n) is 5.89. The molecule has 4 N–H and O–H groups in total. The molecule has 5 atom stereocenters. The largest absolute Gasteiger partial charge is 0.346 e. The molecule has 3 fully saturated rings. The van der Waals surface area contributed by atoms with Gasteiger partial charge in [-0.15, -0.1) is 6.58 Å². The number of nitrogens with one attached hydrogen (secondary N) is 2. The second kappa shape index (κ2) is 10.4. The van der Waals surface area contributed by atoms with Crippen molar-refractivity contribution in [1.82, 2.24) is 15.5 Å². The second-order valence-corrected chi connectivity index (χ2v) is 12.5. The summed E-state index contributed by atoms with van der Waals surface area (Å²) in [5.41, 5.74) is 5.91. The Morgan fingerprint density at radius 3 is 2.37 bits per heavy atom. The van der Waals surface area contributed by atoms with Crippen molar-refractivity contribution < 1.29 is 19.2 Å². The summed E-state index contributed by atoms with van der Waals surface area (Å²) in [7, 11) is 0. The molecule has 3 aliphatic rings. The number of Topliss-reactive ketones (excluding diaryl/α,β-unsaturated/α-hetero) is 1. The van der Waals surface area contributed by atoms with E-state index in [4.69, 9.17) is 5.73 Å². The lowest BCUT2D eigenvalue weighted by Crippen LogP contribution is -2.58. The van der Waals surface area contributed by atoms with Gasteiger partial charge < -0.3 is 21.3 Å². The smallest absolute Gasteiger partial charge is 0.289 e. The molecular formula is C27H44N4O4. The molecule has 0 aromatic rings. The molecule has 35 heavy (non-hydrogen) atoms. The van der Waals surface area contributed by atoms with Crippen LogP contribution in [0.3, 0.4) is 0 Å². The van der Waals surface area contributed by atoms with E-state index in [0.29, 0.717) is 18.9 Å². The number of hydrogen-bond acceptors (Lipinski definition) is 5. The van der Waals surface area contributed by atoms with Crippen molar-refractivity contribution in [2.24, 2.45) is 34.3 Å². The van der Waals surface area contributed by atoms with Crippen LogP contribution in [0.4, 0.5) is 0 Å². The lowest BCUT2D eigenvalue weighted by molar-refractivity contribution is -0.144. The van der Waals surface area contributed by atoms with Crippen molar-refractivity contribution in [3.05, 3.63) is 12.7 Å². The Hall–Kier alpha value is -2.22. The molecule has 1 heterocycles. The van der Waals surface area contributed by atoms with Crippen LogP contribution in [0, 0.1) is 28.6 Å². The van der Waals surface area contributed by atoms with Gasteiger partial charge in [0.05, 0.1) is 12.1 Å². The van der Waals surface area contributed by atoms with Crippen LogP contribution in [-0.4, -0.2) is 59.6 Å². The molecule has 0 spiro atoms. The van der Waals surface area contributed by atoms with E-state index in [1.807, 2.05) is 20.8 Å². The number of nitrogens with two attached hydrogens (primary N) is 1. The van der Waals surface area contributed by atoms with Gasteiger partial charge in [0.25, 0.3) is 5.91 Å². The Morgan fingerprint density at radius 2 is 1.83 bits per heavy atom. The van der Waals surface area contributed by atoms with E-state index in [9.17, 15) is 19.2 Å². The molecular weight excluding hydrogens is 444 g/mol. The fourth-order valence-corrected chi connectivity index (χ4v) is 5.89. The number of rotatable bonds is 9. The Labute approximate surface area is 209 Å². The number of carbonyl (C=O) groups is 4. The van der Waals surface area contributed by atoms with Gasteiger partial charge in [0.2, 0.25) is 17.6 Å². The highest BCUT2D eigenvalue weighted by molar-refractivity contribution is 6.38. The second-order valence-electron chi connectivity index (χ2n) is 12.5. The number of carbonyl (C=O) groups excluding carboxylic acids is 4. The van der Waals surface area contributed by atoms with Gasteiger partial charge in [0.1, 0.15) is 6.04 Å². The minimum Gasteiger partial charge on any atom is -0.346 e. The third kappa shape index (κ3) is 5.79. The highest BCUT2D eigenvalue weighted by atomic mass is 16.2. The van der Waals surface area contributed by atoms with Gasteiger partial charge in [-0.25, -0.2) is 0 Å². The Bertz CT molecular complexity index is 858. The molecule has 1 saturated heterocycles. The van der Waals surface area contributed by atoms with Gasteiger partial charge >= 0.3 is 0 Å². The quantitative estimate of drug-likeness (QED) is 0.339. The predicted octanol–water partition coefficient (Wildman–Crippen LogP) is 2.17. The fraction of sp³-hybridized carbons (Fsp3) is 0.778. The molecule has 196 valence electrons. The van der Waals surface area contributed by atoms with Crippen LogP contribution < -0.4 is 16.4 Å². The van der Waals surface area contributed by atoms with Crippen molar-refractivity contribution in [3.63, 3.8) is 0 Å². The number of amides is 3. The van der Waals surface area contributed by atoms with Gasteiger partial charge in [0, 0.05) is 13.1 Å². The summed E-state index contributed by atoms with van der Waals surface area (Å²) >= 11 is 0. The number of fused-ring (bicyclic) bond motifs is 1. The monoisotopic (exact) mass is 488 g/mol. The van der Waals surface area contributed by atoms with Crippen molar-refractivity contribution in [1.29, 1.82) is 0 Å². The van der Waals surface area contributed by atoms with Crippen molar-refractivity contribution in [3.8, 4) is 0 Å². The van der Waals surface area contributed by atoms with Gasteiger partial charge in [-0.05, 0) is 47.8 Å². The summed E-state index contributed by atoms with van der Waals surface area (Å²) in [5.74, 6) is -1.43. The maximum atomic E-state index is 13.8. The van der Waals surface area contributed by atoms with Crippen LogP contribution in [0.15, 0.2) is 12.7 Å². The number of ketones is 1. The first-order valence-corrected chi connectivity index (χ1v) is 13.1. The number of likely N-dealkylation sites (tertiary alicyclic amines) is 1. The Kier molecular flexibility index (Phi) is 8.14. The van der Waals surface area contributed by atoms with Crippen LogP contribution in [-0.2, 0) is 19.2 Å². The molecule has 8 heteroatoms. The molecule has 0 aromatic heterocycles. The van der Waals surface area contributed by atoms with E-state index in [1.165, 1.54) is 6.08 Å². The van der Waals surface area contributed by atoms with Gasteiger partial charge in [-0.1, -0.05) is 60.0 Å². The topological polar surface area (TPSA) is 122 Å². The maximum absolute atomic E-state index is 13.8. The summed E-state index contributed by atoms with van der Waals surface area (Å²) in [6.45, 7) is 14.4. The van der Waals surface area contributed by atoms with Gasteiger partial charge in [0.15, 0.2) is 0 Å². The lowest BCUT2D eigenvalue weighted by Gasteiger charge is -2.35. The molecule has 3 rings (SSSR count). The minimum absolute atomic E-state index is 0.00941. The maximum Gasteiger partial charge on any atom is 0.289 e. The van der Waals surface area contributed by atoms with Gasteiger partial charge in [-0.2, -0.15) is 0 Å². The lowest BCUT2D eigenvalue weighted by atomic mass is 9.79.